The fourth-order valence-corrected chi connectivity index (χ4v) is 3.35. The normalized spacial score (nSPS) is 19.7. The van der Waals surface area contributed by atoms with Crippen LogP contribution in [0.15, 0.2) is 84.5 Å². The molecule has 0 heterocycles. The minimum Gasteiger partial charge on any atom is -0.387 e. The summed E-state index contributed by atoms with van der Waals surface area (Å²) >= 11 is 0. The lowest BCUT2D eigenvalue weighted by atomic mass is 9.84. The van der Waals surface area contributed by atoms with Gasteiger partial charge in [-0.15, -0.1) is 0 Å². The van der Waals surface area contributed by atoms with E-state index in [4.69, 9.17) is 0 Å². The molecule has 0 fully saturated rings. The zero-order chi connectivity index (χ0) is 16.2. The Hall–Kier alpha value is -2.16. The van der Waals surface area contributed by atoms with Crippen molar-refractivity contribution in [2.75, 3.05) is 14.1 Å². The second-order valence-electron chi connectivity index (χ2n) is 6.21. The molecule has 0 saturated carbocycles. The van der Waals surface area contributed by atoms with Gasteiger partial charge in [-0.3, -0.25) is 4.90 Å². The number of aliphatic hydroxyl groups excluding tert-OH is 1. The highest BCUT2D eigenvalue weighted by Crippen LogP contribution is 2.41. The molecule has 0 amide bonds. The molecule has 1 N–H and O–H groups in total. The van der Waals surface area contributed by atoms with Crippen LogP contribution in [0.1, 0.15) is 23.3 Å². The van der Waals surface area contributed by atoms with Gasteiger partial charge in [0.1, 0.15) is 0 Å². The molecule has 3 rings (SSSR count). The SMILES string of the molecule is CN(C)[C@@H](C1=CC=CC1[C@H](O)c1ccccc1)c1ccccc1. The Morgan fingerprint density at radius 2 is 1.43 bits per heavy atom. The molecule has 2 aromatic rings. The summed E-state index contributed by atoms with van der Waals surface area (Å²) < 4.78 is 0. The van der Waals surface area contributed by atoms with Gasteiger partial charge in [-0.2, -0.15) is 0 Å². The molecule has 1 aliphatic carbocycles. The monoisotopic (exact) mass is 305 g/mol. The molecule has 0 radical (unpaired) electrons. The van der Waals surface area contributed by atoms with E-state index in [1.165, 1.54) is 11.1 Å². The number of rotatable bonds is 5. The largest absolute Gasteiger partial charge is 0.387 e. The Bertz CT molecular complexity index is 688. The van der Waals surface area contributed by atoms with Crippen molar-refractivity contribution in [1.29, 1.82) is 0 Å². The van der Waals surface area contributed by atoms with Gasteiger partial charge < -0.3 is 5.11 Å². The first-order valence-corrected chi connectivity index (χ1v) is 8.01. The van der Waals surface area contributed by atoms with Crippen molar-refractivity contribution < 1.29 is 5.11 Å². The molecule has 118 valence electrons. The van der Waals surface area contributed by atoms with Gasteiger partial charge >= 0.3 is 0 Å². The third-order valence-electron chi connectivity index (χ3n) is 4.42. The van der Waals surface area contributed by atoms with Crippen LogP contribution in [-0.4, -0.2) is 24.1 Å². The van der Waals surface area contributed by atoms with E-state index >= 15 is 0 Å². The van der Waals surface area contributed by atoms with E-state index in [2.05, 4.69) is 61.5 Å². The molecule has 23 heavy (non-hydrogen) atoms. The van der Waals surface area contributed by atoms with E-state index in [1.807, 2.05) is 36.4 Å². The number of aliphatic hydroxyl groups is 1. The maximum atomic E-state index is 10.9. The Morgan fingerprint density at radius 1 is 0.870 bits per heavy atom. The molecule has 0 bridgehead atoms. The quantitative estimate of drug-likeness (QED) is 0.897. The zero-order valence-corrected chi connectivity index (χ0v) is 13.6. The number of nitrogens with zero attached hydrogens (tertiary/aromatic N) is 1. The summed E-state index contributed by atoms with van der Waals surface area (Å²) in [6.07, 6.45) is 5.79. The lowest BCUT2D eigenvalue weighted by molar-refractivity contribution is 0.139. The van der Waals surface area contributed by atoms with E-state index in [0.29, 0.717) is 0 Å². The second-order valence-corrected chi connectivity index (χ2v) is 6.21. The molecule has 0 saturated heterocycles. The van der Waals surface area contributed by atoms with Crippen molar-refractivity contribution in [3.05, 3.63) is 95.6 Å². The fraction of sp³-hybridized carbons (Fsp3) is 0.238. The average Bonchev–Trinajstić information content (AvgIpc) is 3.05. The van der Waals surface area contributed by atoms with E-state index in [1.54, 1.807) is 0 Å². The van der Waals surface area contributed by atoms with Gasteiger partial charge in [0.05, 0.1) is 12.1 Å². The first kappa shape index (κ1) is 15.7. The topological polar surface area (TPSA) is 23.5 Å². The standard InChI is InChI=1S/C21H23NO/c1-22(2)20(16-10-5-3-6-11-16)18-14-9-15-19(18)21(23)17-12-7-4-8-13-17/h3-15,19-21,23H,1-2H3/t19?,20-,21-/m1/s1. The van der Waals surface area contributed by atoms with Crippen molar-refractivity contribution in [1.82, 2.24) is 4.90 Å². The Morgan fingerprint density at radius 3 is 2.00 bits per heavy atom. The fourth-order valence-electron chi connectivity index (χ4n) is 3.35. The Labute approximate surface area is 138 Å². The predicted octanol–water partition coefficient (Wildman–Crippen LogP) is 4.14. The van der Waals surface area contributed by atoms with E-state index in [0.717, 1.165) is 5.56 Å². The smallest absolute Gasteiger partial charge is 0.0890 e. The number of hydrogen-bond acceptors (Lipinski definition) is 2. The number of benzene rings is 2. The van der Waals surface area contributed by atoms with E-state index in [9.17, 15) is 5.11 Å². The van der Waals surface area contributed by atoms with Crippen LogP contribution in [0, 0.1) is 5.92 Å². The predicted molar refractivity (Wildman–Crippen MR) is 95.0 cm³/mol. The summed E-state index contributed by atoms with van der Waals surface area (Å²) in [5.41, 5.74) is 3.44. The van der Waals surface area contributed by atoms with Crippen molar-refractivity contribution in [2.45, 2.75) is 12.1 Å². The van der Waals surface area contributed by atoms with Gasteiger partial charge in [-0.05, 0) is 30.8 Å². The first-order chi connectivity index (χ1) is 11.2. The third-order valence-corrected chi connectivity index (χ3v) is 4.42. The van der Waals surface area contributed by atoms with Crippen LogP contribution >= 0.6 is 0 Å². The lowest BCUT2D eigenvalue weighted by Crippen LogP contribution is -2.26. The maximum absolute atomic E-state index is 10.9. The summed E-state index contributed by atoms with van der Waals surface area (Å²) in [4.78, 5) is 2.21. The molecule has 1 unspecified atom stereocenters. The van der Waals surface area contributed by atoms with Crippen LogP contribution in [0.3, 0.4) is 0 Å². The summed E-state index contributed by atoms with van der Waals surface area (Å²) in [5.74, 6) is 0.00464. The first-order valence-electron chi connectivity index (χ1n) is 8.01. The average molecular weight is 305 g/mol. The van der Waals surface area contributed by atoms with Crippen molar-refractivity contribution in [3.63, 3.8) is 0 Å². The van der Waals surface area contributed by atoms with Gasteiger partial charge in [0.15, 0.2) is 0 Å². The minimum atomic E-state index is -0.521. The van der Waals surface area contributed by atoms with Crippen molar-refractivity contribution in [3.8, 4) is 0 Å². The minimum absolute atomic E-state index is 0.00464. The summed E-state index contributed by atoms with van der Waals surface area (Å²) in [6.45, 7) is 0. The van der Waals surface area contributed by atoms with Crippen molar-refractivity contribution >= 4 is 0 Å². The molecule has 2 heteroatoms. The highest BCUT2D eigenvalue weighted by atomic mass is 16.3. The maximum Gasteiger partial charge on any atom is 0.0890 e. The highest BCUT2D eigenvalue weighted by molar-refractivity contribution is 5.39. The lowest BCUT2D eigenvalue weighted by Gasteiger charge is -2.32. The zero-order valence-electron chi connectivity index (χ0n) is 13.6. The summed E-state index contributed by atoms with van der Waals surface area (Å²) in [5, 5.41) is 10.9. The molecule has 0 aliphatic heterocycles. The van der Waals surface area contributed by atoms with Crippen LogP contribution < -0.4 is 0 Å². The molecule has 0 aromatic heterocycles. The van der Waals surface area contributed by atoms with E-state index < -0.39 is 6.10 Å². The molecular formula is C21H23NO. The number of hydrogen-bond donors (Lipinski definition) is 1. The van der Waals surface area contributed by atoms with Gasteiger partial charge in [0, 0.05) is 5.92 Å². The second kappa shape index (κ2) is 6.95. The van der Waals surface area contributed by atoms with Crippen LogP contribution in [0.4, 0.5) is 0 Å². The van der Waals surface area contributed by atoms with Gasteiger partial charge in [-0.1, -0.05) is 78.9 Å². The molecule has 3 atom stereocenters. The van der Waals surface area contributed by atoms with Crippen LogP contribution in [0.5, 0.6) is 0 Å². The third kappa shape index (κ3) is 3.29. The molecule has 1 aliphatic rings. The van der Waals surface area contributed by atoms with E-state index in [-0.39, 0.29) is 12.0 Å². The van der Waals surface area contributed by atoms with Crippen LogP contribution in [0.2, 0.25) is 0 Å². The summed E-state index contributed by atoms with van der Waals surface area (Å²) in [6, 6.07) is 20.5. The number of allylic oxidation sites excluding steroid dienone is 2. The van der Waals surface area contributed by atoms with Gasteiger partial charge in [0.2, 0.25) is 0 Å². The molecule has 2 aromatic carbocycles. The Kier molecular flexibility index (Phi) is 4.75. The molecular weight excluding hydrogens is 282 g/mol. The highest BCUT2D eigenvalue weighted by Gasteiger charge is 2.31. The number of likely N-dealkylation sites (N-methyl/N-ethyl adjacent to an activating group) is 1. The van der Waals surface area contributed by atoms with Crippen molar-refractivity contribution in [2.24, 2.45) is 5.92 Å². The van der Waals surface area contributed by atoms with Crippen LogP contribution in [0.25, 0.3) is 0 Å². The van der Waals surface area contributed by atoms with Gasteiger partial charge in [-0.25, -0.2) is 0 Å². The van der Waals surface area contributed by atoms with Gasteiger partial charge in [0.25, 0.3) is 0 Å². The molecule has 0 spiro atoms. The van der Waals surface area contributed by atoms with Crippen LogP contribution in [-0.2, 0) is 0 Å². The molecule has 2 nitrogen and oxygen atoms in total. The summed E-state index contributed by atoms with van der Waals surface area (Å²) in [7, 11) is 4.17. The Balaban J connectivity index is 1.92.